The fourth-order valence-electron chi connectivity index (χ4n) is 0.844. The molecule has 0 atom stereocenters. The van der Waals surface area contributed by atoms with Crippen molar-refractivity contribution in [2.45, 2.75) is 6.61 Å². The van der Waals surface area contributed by atoms with Crippen molar-refractivity contribution < 1.29 is 24.0 Å². The van der Waals surface area contributed by atoms with E-state index in [-0.39, 0.29) is 17.4 Å². The Kier molecular flexibility index (Phi) is 3.53. The Bertz CT molecular complexity index is 374. The van der Waals surface area contributed by atoms with E-state index in [1.807, 2.05) is 0 Å². The number of hydrogen-bond acceptors (Lipinski definition) is 3. The summed E-state index contributed by atoms with van der Waals surface area (Å²) in [6, 6.07) is 4.17. The van der Waals surface area contributed by atoms with Gasteiger partial charge in [-0.05, 0) is 17.7 Å². The molecular formula is C7H8ClO5P. The zero-order valence-corrected chi connectivity index (χ0v) is 8.57. The van der Waals surface area contributed by atoms with Crippen LogP contribution in [0.2, 0.25) is 5.02 Å². The van der Waals surface area contributed by atoms with E-state index in [1.54, 1.807) is 0 Å². The standard InChI is InChI=1S/C7H8ClO5P/c8-6-2-1-5(4-9)3-7(6)13-14(10,11)12/h1-3,9H,4H2,(H2,10,11,12). The minimum Gasteiger partial charge on any atom is -0.403 e. The van der Waals surface area contributed by atoms with Gasteiger partial charge in [-0.15, -0.1) is 0 Å². The molecule has 0 spiro atoms. The minimum atomic E-state index is -4.61. The lowest BCUT2D eigenvalue weighted by molar-refractivity contribution is 0.276. The molecule has 0 radical (unpaired) electrons. The van der Waals surface area contributed by atoms with Gasteiger partial charge in [0.05, 0.1) is 11.6 Å². The van der Waals surface area contributed by atoms with Crippen LogP contribution in [0.5, 0.6) is 5.75 Å². The monoisotopic (exact) mass is 238 g/mol. The molecule has 5 nitrogen and oxygen atoms in total. The lowest BCUT2D eigenvalue weighted by Crippen LogP contribution is -1.92. The molecule has 0 bridgehead atoms. The molecule has 0 aliphatic rings. The van der Waals surface area contributed by atoms with Gasteiger partial charge in [0.1, 0.15) is 5.75 Å². The fourth-order valence-corrected chi connectivity index (χ4v) is 1.46. The lowest BCUT2D eigenvalue weighted by Gasteiger charge is -2.09. The average Bonchev–Trinajstić information content (AvgIpc) is 2.06. The molecule has 0 unspecified atom stereocenters. The third kappa shape index (κ3) is 3.29. The van der Waals surface area contributed by atoms with Crippen molar-refractivity contribution in [3.63, 3.8) is 0 Å². The van der Waals surface area contributed by atoms with Crippen molar-refractivity contribution >= 4 is 19.4 Å². The maximum atomic E-state index is 10.5. The molecule has 0 aromatic heterocycles. The molecule has 0 amide bonds. The predicted molar refractivity (Wildman–Crippen MR) is 50.0 cm³/mol. The molecule has 0 aliphatic heterocycles. The Morgan fingerprint density at radius 2 is 2.07 bits per heavy atom. The van der Waals surface area contributed by atoms with Gasteiger partial charge in [0.2, 0.25) is 0 Å². The summed E-state index contributed by atoms with van der Waals surface area (Å²) in [7, 11) is -4.61. The van der Waals surface area contributed by atoms with Crippen LogP contribution in [0.25, 0.3) is 0 Å². The van der Waals surface area contributed by atoms with Gasteiger partial charge < -0.3 is 9.63 Å². The van der Waals surface area contributed by atoms with Crippen molar-refractivity contribution in [2.75, 3.05) is 0 Å². The number of phosphoric acid groups is 1. The van der Waals surface area contributed by atoms with Gasteiger partial charge in [0.15, 0.2) is 0 Å². The number of aliphatic hydroxyl groups excluding tert-OH is 1. The fraction of sp³-hybridized carbons (Fsp3) is 0.143. The van der Waals surface area contributed by atoms with Crippen LogP contribution in [0.3, 0.4) is 0 Å². The molecule has 78 valence electrons. The van der Waals surface area contributed by atoms with Crippen LogP contribution in [0.1, 0.15) is 5.56 Å². The zero-order chi connectivity index (χ0) is 10.8. The van der Waals surface area contributed by atoms with Gasteiger partial charge in [-0.3, -0.25) is 9.79 Å². The van der Waals surface area contributed by atoms with Gasteiger partial charge in [-0.1, -0.05) is 17.7 Å². The third-order valence-corrected chi connectivity index (χ3v) is 2.14. The molecule has 1 aromatic rings. The first-order valence-electron chi connectivity index (χ1n) is 3.57. The number of aliphatic hydroxyl groups is 1. The van der Waals surface area contributed by atoms with Gasteiger partial charge in [0.25, 0.3) is 0 Å². The summed E-state index contributed by atoms with van der Waals surface area (Å²) in [5.74, 6) is -0.147. The van der Waals surface area contributed by atoms with E-state index in [0.29, 0.717) is 5.56 Å². The van der Waals surface area contributed by atoms with Crippen LogP contribution >= 0.6 is 19.4 Å². The quantitative estimate of drug-likeness (QED) is 0.691. The van der Waals surface area contributed by atoms with Crippen molar-refractivity contribution in [3.05, 3.63) is 28.8 Å². The number of rotatable bonds is 3. The molecular weight excluding hydrogens is 230 g/mol. The first-order chi connectivity index (χ1) is 6.42. The summed E-state index contributed by atoms with van der Waals surface area (Å²) >= 11 is 5.61. The second-order valence-electron chi connectivity index (χ2n) is 2.50. The minimum absolute atomic E-state index is 0.0746. The van der Waals surface area contributed by atoms with Crippen molar-refractivity contribution in [1.29, 1.82) is 0 Å². The zero-order valence-electron chi connectivity index (χ0n) is 6.92. The molecule has 0 fully saturated rings. The average molecular weight is 239 g/mol. The first-order valence-corrected chi connectivity index (χ1v) is 5.47. The molecule has 1 aromatic carbocycles. The highest BCUT2D eigenvalue weighted by Gasteiger charge is 2.18. The van der Waals surface area contributed by atoms with E-state index in [4.69, 9.17) is 26.5 Å². The Balaban J connectivity index is 3.01. The van der Waals surface area contributed by atoms with Crippen molar-refractivity contribution in [2.24, 2.45) is 0 Å². The smallest absolute Gasteiger partial charge is 0.403 e. The number of hydrogen-bond donors (Lipinski definition) is 3. The van der Waals surface area contributed by atoms with E-state index in [1.165, 1.54) is 18.2 Å². The van der Waals surface area contributed by atoms with E-state index < -0.39 is 7.82 Å². The maximum absolute atomic E-state index is 10.5. The highest BCUT2D eigenvalue weighted by molar-refractivity contribution is 7.46. The summed E-state index contributed by atoms with van der Waals surface area (Å²) in [6.45, 7) is -0.255. The Morgan fingerprint density at radius 1 is 1.43 bits per heavy atom. The second-order valence-corrected chi connectivity index (χ2v) is 4.08. The van der Waals surface area contributed by atoms with Crippen LogP contribution in [-0.2, 0) is 11.2 Å². The van der Waals surface area contributed by atoms with Crippen molar-refractivity contribution in [3.8, 4) is 5.75 Å². The van der Waals surface area contributed by atoms with Gasteiger partial charge in [0, 0.05) is 0 Å². The molecule has 14 heavy (non-hydrogen) atoms. The largest absolute Gasteiger partial charge is 0.524 e. The van der Waals surface area contributed by atoms with Gasteiger partial charge in [-0.25, -0.2) is 4.57 Å². The van der Waals surface area contributed by atoms with E-state index in [0.717, 1.165) is 0 Å². The summed E-state index contributed by atoms with van der Waals surface area (Å²) in [5.41, 5.74) is 0.456. The second kappa shape index (κ2) is 4.29. The molecule has 0 aliphatic carbocycles. The molecule has 0 saturated heterocycles. The number of benzene rings is 1. The summed E-state index contributed by atoms with van der Waals surface area (Å²) < 4.78 is 14.8. The Hall–Kier alpha value is -0.580. The first kappa shape index (κ1) is 11.5. The highest BCUT2D eigenvalue weighted by Crippen LogP contribution is 2.40. The topological polar surface area (TPSA) is 87.0 Å². The predicted octanol–water partition coefficient (Wildman–Crippen LogP) is 1.30. The number of halogens is 1. The van der Waals surface area contributed by atoms with E-state index in [2.05, 4.69) is 4.52 Å². The molecule has 3 N–H and O–H groups in total. The summed E-state index contributed by atoms with van der Waals surface area (Å²) in [4.78, 5) is 17.1. The summed E-state index contributed by atoms with van der Waals surface area (Å²) in [6.07, 6.45) is 0. The van der Waals surface area contributed by atoms with E-state index in [9.17, 15) is 4.57 Å². The van der Waals surface area contributed by atoms with Crippen molar-refractivity contribution in [1.82, 2.24) is 0 Å². The van der Waals surface area contributed by atoms with Crippen LogP contribution in [0, 0.1) is 0 Å². The summed E-state index contributed by atoms with van der Waals surface area (Å²) in [5, 5.41) is 8.83. The van der Waals surface area contributed by atoms with Crippen LogP contribution in [0.15, 0.2) is 18.2 Å². The van der Waals surface area contributed by atoms with Gasteiger partial charge in [-0.2, -0.15) is 0 Å². The van der Waals surface area contributed by atoms with Crippen LogP contribution < -0.4 is 4.52 Å². The lowest BCUT2D eigenvalue weighted by atomic mass is 10.2. The Labute approximate surface area is 85.1 Å². The molecule has 0 saturated carbocycles. The normalized spacial score (nSPS) is 11.4. The maximum Gasteiger partial charge on any atom is 0.524 e. The van der Waals surface area contributed by atoms with Crippen LogP contribution in [-0.4, -0.2) is 14.9 Å². The third-order valence-electron chi connectivity index (χ3n) is 1.40. The van der Waals surface area contributed by atoms with Crippen LogP contribution in [0.4, 0.5) is 0 Å². The van der Waals surface area contributed by atoms with E-state index >= 15 is 0 Å². The Morgan fingerprint density at radius 3 is 2.57 bits per heavy atom. The SMILES string of the molecule is O=P(O)(O)Oc1cc(CO)ccc1Cl. The van der Waals surface area contributed by atoms with Gasteiger partial charge >= 0.3 is 7.82 Å². The molecule has 1 rings (SSSR count). The molecule has 0 heterocycles. The highest BCUT2D eigenvalue weighted by atomic mass is 35.5. The molecule has 7 heteroatoms. The number of phosphoric ester groups is 1.